The van der Waals surface area contributed by atoms with E-state index in [0.717, 1.165) is 64.8 Å². The van der Waals surface area contributed by atoms with Crippen molar-refractivity contribution in [2.45, 2.75) is 26.7 Å². The Labute approximate surface area is 202 Å². The molecule has 0 spiro atoms. The highest BCUT2D eigenvalue weighted by Crippen LogP contribution is 2.32. The first-order valence-electron chi connectivity index (χ1n) is 11.8. The van der Waals surface area contributed by atoms with E-state index in [-0.39, 0.29) is 0 Å². The SMILES string of the molecule is Cc1cc(-n2ncc(C#N)c2Nc2nc3ccccc3nc2N2CCCC2)nc2c(C)cccc12. The summed E-state index contributed by atoms with van der Waals surface area (Å²) >= 11 is 0. The molecule has 172 valence electrons. The number of rotatable bonds is 4. The topological polar surface area (TPSA) is 95.5 Å². The number of para-hydroxylation sites is 3. The Kier molecular flexibility index (Phi) is 5.03. The van der Waals surface area contributed by atoms with Crippen LogP contribution in [0.3, 0.4) is 0 Å². The van der Waals surface area contributed by atoms with Gasteiger partial charge in [0.05, 0.1) is 22.7 Å². The van der Waals surface area contributed by atoms with Crippen LogP contribution >= 0.6 is 0 Å². The second kappa shape index (κ2) is 8.37. The van der Waals surface area contributed by atoms with Gasteiger partial charge in [-0.25, -0.2) is 15.0 Å². The number of pyridine rings is 1. The van der Waals surface area contributed by atoms with Crippen molar-refractivity contribution in [1.82, 2.24) is 24.7 Å². The molecule has 0 radical (unpaired) electrons. The fourth-order valence-corrected chi connectivity index (χ4v) is 4.71. The third-order valence-electron chi connectivity index (χ3n) is 6.54. The van der Waals surface area contributed by atoms with Crippen molar-refractivity contribution in [3.05, 3.63) is 71.4 Å². The number of hydrogen-bond donors (Lipinski definition) is 1. The Morgan fingerprint density at radius 2 is 1.69 bits per heavy atom. The lowest BCUT2D eigenvalue weighted by molar-refractivity contribution is 0.856. The van der Waals surface area contributed by atoms with Gasteiger partial charge in [-0.2, -0.15) is 15.0 Å². The van der Waals surface area contributed by atoms with E-state index in [1.54, 1.807) is 10.9 Å². The van der Waals surface area contributed by atoms with Crippen molar-refractivity contribution < 1.29 is 0 Å². The van der Waals surface area contributed by atoms with Crippen molar-refractivity contribution >= 4 is 39.4 Å². The van der Waals surface area contributed by atoms with E-state index in [1.165, 1.54) is 0 Å². The van der Waals surface area contributed by atoms with Gasteiger partial charge in [-0.15, -0.1) is 0 Å². The summed E-state index contributed by atoms with van der Waals surface area (Å²) in [6.07, 6.45) is 3.80. The van der Waals surface area contributed by atoms with Crippen LogP contribution in [-0.2, 0) is 0 Å². The fraction of sp³-hybridized carbons (Fsp3) is 0.222. The maximum absolute atomic E-state index is 9.87. The van der Waals surface area contributed by atoms with Crippen LogP contribution in [0.15, 0.2) is 54.7 Å². The molecule has 0 atom stereocenters. The molecule has 3 aromatic heterocycles. The van der Waals surface area contributed by atoms with Crippen LogP contribution in [0.2, 0.25) is 0 Å². The molecule has 1 N–H and O–H groups in total. The number of nitrogens with zero attached hydrogens (tertiary/aromatic N) is 7. The minimum absolute atomic E-state index is 0.414. The van der Waals surface area contributed by atoms with Crippen molar-refractivity contribution in [3.8, 4) is 11.9 Å². The van der Waals surface area contributed by atoms with Gasteiger partial charge in [0.1, 0.15) is 11.6 Å². The summed E-state index contributed by atoms with van der Waals surface area (Å²) in [5.74, 6) is 2.57. The highest BCUT2D eigenvalue weighted by atomic mass is 15.4. The van der Waals surface area contributed by atoms with Crippen molar-refractivity contribution in [3.63, 3.8) is 0 Å². The Bertz CT molecular complexity index is 1620. The normalized spacial score (nSPS) is 13.5. The molecule has 1 saturated heterocycles. The maximum Gasteiger partial charge on any atom is 0.175 e. The molecule has 8 nitrogen and oxygen atoms in total. The molecular formula is C27H24N8. The predicted octanol–water partition coefficient (Wildman–Crippen LogP) is 5.20. The van der Waals surface area contributed by atoms with E-state index < -0.39 is 0 Å². The zero-order valence-electron chi connectivity index (χ0n) is 19.7. The number of aromatic nitrogens is 5. The first kappa shape index (κ1) is 21.1. The first-order valence-corrected chi connectivity index (χ1v) is 11.8. The van der Waals surface area contributed by atoms with Gasteiger partial charge >= 0.3 is 0 Å². The molecule has 1 fully saturated rings. The smallest absolute Gasteiger partial charge is 0.175 e. The van der Waals surface area contributed by atoms with E-state index in [4.69, 9.17) is 15.0 Å². The lowest BCUT2D eigenvalue weighted by atomic mass is 10.1. The van der Waals surface area contributed by atoms with Crippen LogP contribution in [0.25, 0.3) is 27.8 Å². The quantitative estimate of drug-likeness (QED) is 0.394. The molecule has 6 rings (SSSR count). The van der Waals surface area contributed by atoms with Crippen LogP contribution in [0.4, 0.5) is 17.5 Å². The van der Waals surface area contributed by atoms with Crippen LogP contribution in [-0.4, -0.2) is 37.8 Å². The average molecular weight is 461 g/mol. The summed E-state index contributed by atoms with van der Waals surface area (Å²) in [6, 6.07) is 18.3. The van der Waals surface area contributed by atoms with E-state index >= 15 is 0 Å². The molecule has 8 heteroatoms. The van der Waals surface area contributed by atoms with Gasteiger partial charge in [-0.05, 0) is 56.0 Å². The van der Waals surface area contributed by atoms with Crippen LogP contribution in [0, 0.1) is 25.2 Å². The highest BCUT2D eigenvalue weighted by molar-refractivity contribution is 5.86. The minimum Gasteiger partial charge on any atom is -0.354 e. The molecule has 2 aromatic carbocycles. The van der Waals surface area contributed by atoms with Crippen molar-refractivity contribution in [2.24, 2.45) is 0 Å². The molecule has 5 aromatic rings. The van der Waals surface area contributed by atoms with Gasteiger partial charge in [-0.3, -0.25) is 0 Å². The number of anilines is 3. The van der Waals surface area contributed by atoms with Crippen LogP contribution < -0.4 is 10.2 Å². The molecule has 0 amide bonds. The van der Waals surface area contributed by atoms with Gasteiger partial charge < -0.3 is 10.2 Å². The standard InChI is InChI=1S/C27H24N8/c1-17-8-7-9-20-18(2)14-23(32-24(17)20)35-26(19(15-28)16-29-35)33-25-27(34-12-5-6-13-34)31-22-11-4-3-10-21(22)30-25/h3-4,7-11,14,16H,5-6,12-13H2,1-2H3,(H,30,33). The van der Waals surface area contributed by atoms with Crippen molar-refractivity contribution in [2.75, 3.05) is 23.3 Å². The largest absolute Gasteiger partial charge is 0.354 e. The molecule has 1 aliphatic rings. The lowest BCUT2D eigenvalue weighted by Crippen LogP contribution is -2.21. The summed E-state index contributed by atoms with van der Waals surface area (Å²) in [6.45, 7) is 5.97. The fourth-order valence-electron chi connectivity index (χ4n) is 4.71. The second-order valence-corrected chi connectivity index (χ2v) is 8.90. The predicted molar refractivity (Wildman–Crippen MR) is 137 cm³/mol. The first-order chi connectivity index (χ1) is 17.1. The van der Waals surface area contributed by atoms with Gasteiger partial charge in [0.2, 0.25) is 0 Å². The number of nitriles is 1. The molecule has 0 unspecified atom stereocenters. The van der Waals surface area contributed by atoms with E-state index in [9.17, 15) is 5.26 Å². The summed E-state index contributed by atoms with van der Waals surface area (Å²) < 4.78 is 1.68. The summed E-state index contributed by atoms with van der Waals surface area (Å²) in [4.78, 5) is 17.0. The van der Waals surface area contributed by atoms with Crippen molar-refractivity contribution in [1.29, 1.82) is 5.26 Å². The van der Waals surface area contributed by atoms with E-state index in [1.807, 2.05) is 36.4 Å². The second-order valence-electron chi connectivity index (χ2n) is 8.90. The molecule has 4 heterocycles. The molecule has 0 aliphatic carbocycles. The Hall–Kier alpha value is -4.51. The third-order valence-corrected chi connectivity index (χ3v) is 6.54. The lowest BCUT2D eigenvalue weighted by Gasteiger charge is -2.21. The van der Waals surface area contributed by atoms with Crippen LogP contribution in [0.1, 0.15) is 29.5 Å². The van der Waals surface area contributed by atoms with E-state index in [2.05, 4.69) is 47.4 Å². The number of benzene rings is 2. The van der Waals surface area contributed by atoms with Gasteiger partial charge in [0.25, 0.3) is 0 Å². The molecule has 0 saturated carbocycles. The van der Waals surface area contributed by atoms with Crippen LogP contribution in [0.5, 0.6) is 0 Å². The average Bonchev–Trinajstić information content (AvgIpc) is 3.54. The number of aryl methyl sites for hydroxylation is 2. The van der Waals surface area contributed by atoms with Gasteiger partial charge in [0, 0.05) is 18.5 Å². The van der Waals surface area contributed by atoms with Gasteiger partial charge in [-0.1, -0.05) is 30.3 Å². The molecular weight excluding hydrogens is 436 g/mol. The summed E-state index contributed by atoms with van der Waals surface area (Å²) in [5.41, 5.74) is 5.15. The molecule has 35 heavy (non-hydrogen) atoms. The number of hydrogen-bond acceptors (Lipinski definition) is 7. The highest BCUT2D eigenvalue weighted by Gasteiger charge is 2.22. The number of nitrogens with one attached hydrogen (secondary N) is 1. The number of fused-ring (bicyclic) bond motifs is 2. The maximum atomic E-state index is 9.87. The monoisotopic (exact) mass is 460 g/mol. The molecule has 1 aliphatic heterocycles. The summed E-state index contributed by atoms with van der Waals surface area (Å²) in [7, 11) is 0. The summed E-state index contributed by atoms with van der Waals surface area (Å²) in [5, 5.41) is 18.9. The Morgan fingerprint density at radius 1 is 0.914 bits per heavy atom. The van der Waals surface area contributed by atoms with E-state index in [0.29, 0.717) is 23.0 Å². The van der Waals surface area contributed by atoms with Gasteiger partial charge in [0.15, 0.2) is 23.3 Å². The third kappa shape index (κ3) is 3.62. The zero-order valence-corrected chi connectivity index (χ0v) is 19.7. The molecule has 0 bridgehead atoms. The Morgan fingerprint density at radius 3 is 2.46 bits per heavy atom. The Balaban J connectivity index is 1.51. The minimum atomic E-state index is 0.414. The zero-order chi connectivity index (χ0) is 23.9.